The third-order valence-corrected chi connectivity index (χ3v) is 4.66. The molecule has 26 heavy (non-hydrogen) atoms. The zero-order chi connectivity index (χ0) is 19.2. The second-order valence-corrected chi connectivity index (χ2v) is 7.68. The summed E-state index contributed by atoms with van der Waals surface area (Å²) in [6.45, 7) is 5.57. The number of carbonyl (C=O) groups is 1. The molecule has 0 fully saturated rings. The second kappa shape index (κ2) is 8.53. The van der Waals surface area contributed by atoms with Crippen LogP contribution in [-0.2, 0) is 14.8 Å². The van der Waals surface area contributed by atoms with Gasteiger partial charge in [0.2, 0.25) is 15.9 Å². The highest BCUT2D eigenvalue weighted by molar-refractivity contribution is 7.92. The van der Waals surface area contributed by atoms with Gasteiger partial charge in [0.1, 0.15) is 18.9 Å². The highest BCUT2D eigenvalue weighted by Gasteiger charge is 2.20. The molecule has 0 aliphatic rings. The maximum Gasteiger partial charge on any atom is 0.245 e. The predicted octanol–water partition coefficient (Wildman–Crippen LogP) is 2.96. The molecule has 2 aromatic rings. The number of carbonyl (C=O) groups excluding carboxylic acids is 1. The zero-order valence-electron chi connectivity index (χ0n) is 14.8. The molecule has 0 saturated carbocycles. The van der Waals surface area contributed by atoms with Crippen LogP contribution in [-0.4, -0.2) is 33.7 Å². The highest BCUT2D eigenvalue weighted by Crippen LogP contribution is 2.19. The Morgan fingerprint density at radius 3 is 2.31 bits per heavy atom. The number of hydrogen-bond donors (Lipinski definition) is 1. The summed E-state index contributed by atoms with van der Waals surface area (Å²) in [4.78, 5) is 12.3. The van der Waals surface area contributed by atoms with Crippen molar-refractivity contribution in [3.05, 3.63) is 66.7 Å². The van der Waals surface area contributed by atoms with Crippen LogP contribution in [0.2, 0.25) is 0 Å². The van der Waals surface area contributed by atoms with Gasteiger partial charge in [0, 0.05) is 5.69 Å². The van der Waals surface area contributed by atoms with E-state index in [2.05, 4.69) is 11.9 Å². The average molecular weight is 374 g/mol. The molecule has 2 rings (SSSR count). The fraction of sp³-hybridized carbons (Fsp3) is 0.211. The number of hydrogen-bond acceptors (Lipinski definition) is 4. The van der Waals surface area contributed by atoms with Crippen molar-refractivity contribution in [1.29, 1.82) is 0 Å². The minimum atomic E-state index is -3.59. The monoisotopic (exact) mass is 374 g/mol. The normalized spacial score (nSPS) is 10.8. The number of nitrogens with zero attached hydrogens (tertiary/aromatic N) is 1. The molecule has 2 aromatic carbocycles. The first-order chi connectivity index (χ1) is 12.3. The van der Waals surface area contributed by atoms with Crippen LogP contribution in [0, 0.1) is 6.92 Å². The van der Waals surface area contributed by atoms with Crippen LogP contribution in [0.3, 0.4) is 0 Å². The van der Waals surface area contributed by atoms with Gasteiger partial charge < -0.3 is 10.1 Å². The van der Waals surface area contributed by atoms with Gasteiger partial charge in [0.15, 0.2) is 0 Å². The van der Waals surface area contributed by atoms with Gasteiger partial charge in [0.05, 0.1) is 11.9 Å². The summed E-state index contributed by atoms with van der Waals surface area (Å²) >= 11 is 0. The third-order valence-electron chi connectivity index (χ3n) is 3.52. The van der Waals surface area contributed by atoms with E-state index >= 15 is 0 Å². The van der Waals surface area contributed by atoms with E-state index in [4.69, 9.17) is 4.74 Å². The minimum absolute atomic E-state index is 0.309. The lowest BCUT2D eigenvalue weighted by Crippen LogP contribution is -2.37. The molecular formula is C19H22N2O4S. The first-order valence-corrected chi connectivity index (χ1v) is 9.82. The number of benzene rings is 2. The quantitative estimate of drug-likeness (QED) is 0.721. The Morgan fingerprint density at radius 1 is 1.15 bits per heavy atom. The number of anilines is 2. The van der Waals surface area contributed by atoms with E-state index in [0.717, 1.165) is 16.1 Å². The minimum Gasteiger partial charge on any atom is -0.490 e. The van der Waals surface area contributed by atoms with Crippen molar-refractivity contribution in [3.8, 4) is 5.75 Å². The van der Waals surface area contributed by atoms with Crippen LogP contribution < -0.4 is 14.4 Å². The van der Waals surface area contributed by atoms with Crippen molar-refractivity contribution in [3.63, 3.8) is 0 Å². The summed E-state index contributed by atoms with van der Waals surface area (Å²) < 4.78 is 30.6. The van der Waals surface area contributed by atoms with Crippen LogP contribution in [0.25, 0.3) is 0 Å². The van der Waals surface area contributed by atoms with Crippen molar-refractivity contribution in [2.24, 2.45) is 0 Å². The number of nitrogens with one attached hydrogen (secondary N) is 1. The Labute approximate surface area is 154 Å². The van der Waals surface area contributed by atoms with Crippen LogP contribution in [0.4, 0.5) is 11.4 Å². The van der Waals surface area contributed by atoms with Gasteiger partial charge in [-0.2, -0.15) is 0 Å². The standard InChI is InChI=1S/C19H22N2O4S/c1-4-13-25-18-11-7-16(8-12-18)20-19(22)14-21(26(3,23)24)17-9-5-15(2)6-10-17/h4-12H,1,13-14H2,2-3H3,(H,20,22). The summed E-state index contributed by atoms with van der Waals surface area (Å²) in [7, 11) is -3.59. The van der Waals surface area contributed by atoms with E-state index in [0.29, 0.717) is 23.7 Å². The number of amides is 1. The van der Waals surface area contributed by atoms with Crippen LogP contribution in [0.5, 0.6) is 5.75 Å². The van der Waals surface area contributed by atoms with E-state index in [-0.39, 0.29) is 6.54 Å². The third kappa shape index (κ3) is 5.63. The molecule has 0 aliphatic carbocycles. The molecule has 0 unspecified atom stereocenters. The smallest absolute Gasteiger partial charge is 0.245 e. The van der Waals surface area contributed by atoms with Crippen molar-refractivity contribution in [2.45, 2.75) is 6.92 Å². The molecule has 0 aromatic heterocycles. The molecule has 1 amide bonds. The topological polar surface area (TPSA) is 75.7 Å². The SMILES string of the molecule is C=CCOc1ccc(NC(=O)CN(c2ccc(C)cc2)S(C)(=O)=O)cc1. The number of sulfonamides is 1. The van der Waals surface area contributed by atoms with Gasteiger partial charge in [-0.05, 0) is 43.3 Å². The maximum absolute atomic E-state index is 12.3. The van der Waals surface area contributed by atoms with Gasteiger partial charge in [-0.3, -0.25) is 9.10 Å². The summed E-state index contributed by atoms with van der Waals surface area (Å²) in [6.07, 6.45) is 2.71. The van der Waals surface area contributed by atoms with Gasteiger partial charge in [-0.1, -0.05) is 30.4 Å². The molecular weight excluding hydrogens is 352 g/mol. The van der Waals surface area contributed by atoms with Gasteiger partial charge >= 0.3 is 0 Å². The number of ether oxygens (including phenoxy) is 1. The van der Waals surface area contributed by atoms with Crippen LogP contribution >= 0.6 is 0 Å². The van der Waals surface area contributed by atoms with Crippen molar-refractivity contribution >= 4 is 27.3 Å². The molecule has 0 heterocycles. The first kappa shape index (κ1) is 19.5. The first-order valence-electron chi connectivity index (χ1n) is 7.97. The lowest BCUT2D eigenvalue weighted by molar-refractivity contribution is -0.114. The Hall–Kier alpha value is -2.80. The van der Waals surface area contributed by atoms with Gasteiger partial charge in [-0.15, -0.1) is 0 Å². The number of rotatable bonds is 8. The molecule has 6 nitrogen and oxygen atoms in total. The molecule has 0 aliphatic heterocycles. The van der Waals surface area contributed by atoms with E-state index < -0.39 is 15.9 Å². The van der Waals surface area contributed by atoms with Crippen LogP contribution in [0.1, 0.15) is 5.56 Å². The zero-order valence-corrected chi connectivity index (χ0v) is 15.6. The predicted molar refractivity (Wildman–Crippen MR) is 104 cm³/mol. The van der Waals surface area contributed by atoms with Crippen molar-refractivity contribution in [1.82, 2.24) is 0 Å². The molecule has 0 bridgehead atoms. The second-order valence-electron chi connectivity index (χ2n) is 5.78. The van der Waals surface area contributed by atoms with Crippen LogP contribution in [0.15, 0.2) is 61.2 Å². The molecule has 0 radical (unpaired) electrons. The molecule has 0 spiro atoms. The summed E-state index contributed by atoms with van der Waals surface area (Å²) in [6, 6.07) is 13.8. The molecule has 7 heteroatoms. The Balaban J connectivity index is 2.07. The highest BCUT2D eigenvalue weighted by atomic mass is 32.2. The Kier molecular flexibility index (Phi) is 6.41. The Morgan fingerprint density at radius 2 is 1.77 bits per heavy atom. The average Bonchev–Trinajstić information content (AvgIpc) is 2.59. The van der Waals surface area contributed by atoms with Crippen molar-refractivity contribution in [2.75, 3.05) is 29.0 Å². The molecule has 138 valence electrons. The fourth-order valence-corrected chi connectivity index (χ4v) is 3.09. The summed E-state index contributed by atoms with van der Waals surface area (Å²) in [5.74, 6) is 0.219. The summed E-state index contributed by atoms with van der Waals surface area (Å²) in [5.41, 5.74) is 2.00. The Bertz CT molecular complexity index is 859. The number of aryl methyl sites for hydroxylation is 1. The maximum atomic E-state index is 12.3. The summed E-state index contributed by atoms with van der Waals surface area (Å²) in [5, 5.41) is 2.69. The lowest BCUT2D eigenvalue weighted by Gasteiger charge is -2.22. The molecule has 0 saturated heterocycles. The van der Waals surface area contributed by atoms with E-state index in [9.17, 15) is 13.2 Å². The van der Waals surface area contributed by atoms with E-state index in [1.807, 2.05) is 6.92 Å². The molecule has 1 N–H and O–H groups in total. The van der Waals surface area contributed by atoms with Crippen molar-refractivity contribution < 1.29 is 17.9 Å². The van der Waals surface area contributed by atoms with Gasteiger partial charge in [-0.25, -0.2) is 8.42 Å². The van der Waals surface area contributed by atoms with Gasteiger partial charge in [0.25, 0.3) is 0 Å². The largest absolute Gasteiger partial charge is 0.490 e. The molecule has 0 atom stereocenters. The van der Waals surface area contributed by atoms with E-state index in [1.54, 1.807) is 54.6 Å². The lowest BCUT2D eigenvalue weighted by atomic mass is 10.2. The van der Waals surface area contributed by atoms with E-state index in [1.165, 1.54) is 0 Å². The fourth-order valence-electron chi connectivity index (χ4n) is 2.23.